The Morgan fingerprint density at radius 1 is 1.53 bits per heavy atom. The summed E-state index contributed by atoms with van der Waals surface area (Å²) in [4.78, 5) is 28.8. The number of Topliss-reactive ketones (excluding diaryl/α,β-unsaturated/α-hetero) is 1. The Bertz CT molecular complexity index is 389. The molecule has 5 nitrogen and oxygen atoms in total. The average Bonchev–Trinajstić information content (AvgIpc) is 2.80. The summed E-state index contributed by atoms with van der Waals surface area (Å²) in [5, 5.41) is 2.15. The number of amides is 1. The standard InChI is InChI=1S/C11H17N3O2S/c1-7(2)9(12)11(16)14(3)6-8(15)10-13-4-5-17-10/h4-5,7,9H,6,12H2,1-3H3/t9-/m0/s1. The van der Waals surface area contributed by atoms with Crippen molar-refractivity contribution >= 4 is 23.0 Å². The molecule has 0 aliphatic carbocycles. The van der Waals surface area contributed by atoms with E-state index in [4.69, 9.17) is 5.73 Å². The molecule has 2 N–H and O–H groups in total. The van der Waals surface area contributed by atoms with Crippen molar-refractivity contribution in [3.05, 3.63) is 16.6 Å². The molecule has 1 atom stereocenters. The lowest BCUT2D eigenvalue weighted by molar-refractivity contribution is -0.131. The van der Waals surface area contributed by atoms with E-state index in [1.807, 2.05) is 13.8 Å². The van der Waals surface area contributed by atoms with Gasteiger partial charge < -0.3 is 10.6 Å². The molecule has 0 spiro atoms. The van der Waals surface area contributed by atoms with E-state index in [1.54, 1.807) is 18.6 Å². The van der Waals surface area contributed by atoms with Crippen molar-refractivity contribution < 1.29 is 9.59 Å². The van der Waals surface area contributed by atoms with Gasteiger partial charge in [0.2, 0.25) is 11.7 Å². The third-order valence-electron chi connectivity index (χ3n) is 2.43. The number of hydrogen-bond acceptors (Lipinski definition) is 5. The molecular formula is C11H17N3O2S. The molecule has 1 amide bonds. The average molecular weight is 255 g/mol. The van der Waals surface area contributed by atoms with E-state index in [0.29, 0.717) is 5.01 Å². The predicted octanol–water partition coefficient (Wildman–Crippen LogP) is 0.767. The minimum Gasteiger partial charge on any atom is -0.337 e. The molecule has 17 heavy (non-hydrogen) atoms. The van der Waals surface area contributed by atoms with Gasteiger partial charge >= 0.3 is 0 Å². The van der Waals surface area contributed by atoms with Crippen LogP contribution in [0, 0.1) is 5.92 Å². The molecule has 0 fully saturated rings. The molecule has 1 rings (SSSR count). The second-order valence-electron chi connectivity index (χ2n) is 4.22. The van der Waals surface area contributed by atoms with Gasteiger partial charge in [-0.3, -0.25) is 9.59 Å². The lowest BCUT2D eigenvalue weighted by Crippen LogP contribution is -2.46. The number of ketones is 1. The van der Waals surface area contributed by atoms with Crippen LogP contribution >= 0.6 is 11.3 Å². The van der Waals surface area contributed by atoms with Crippen molar-refractivity contribution in [3.63, 3.8) is 0 Å². The highest BCUT2D eigenvalue weighted by Gasteiger charge is 2.23. The summed E-state index contributed by atoms with van der Waals surface area (Å²) in [5.74, 6) is -0.323. The number of hydrogen-bond donors (Lipinski definition) is 1. The monoisotopic (exact) mass is 255 g/mol. The first kappa shape index (κ1) is 13.8. The fourth-order valence-electron chi connectivity index (χ4n) is 1.26. The van der Waals surface area contributed by atoms with Gasteiger partial charge in [-0.1, -0.05) is 13.8 Å². The van der Waals surface area contributed by atoms with Gasteiger partial charge in [-0.2, -0.15) is 0 Å². The minimum atomic E-state index is -0.566. The smallest absolute Gasteiger partial charge is 0.239 e. The Morgan fingerprint density at radius 3 is 2.65 bits per heavy atom. The molecule has 0 aliphatic rings. The summed E-state index contributed by atoms with van der Waals surface area (Å²) in [6.07, 6.45) is 1.57. The normalized spacial score (nSPS) is 12.5. The van der Waals surface area contributed by atoms with Crippen molar-refractivity contribution in [2.45, 2.75) is 19.9 Å². The molecular weight excluding hydrogens is 238 g/mol. The number of carbonyl (C=O) groups excluding carboxylic acids is 2. The Labute approximate surface area is 105 Å². The lowest BCUT2D eigenvalue weighted by atomic mass is 10.0. The van der Waals surface area contributed by atoms with Crippen LogP contribution in [0.2, 0.25) is 0 Å². The Balaban J connectivity index is 2.58. The van der Waals surface area contributed by atoms with Crippen LogP contribution in [0.3, 0.4) is 0 Å². The van der Waals surface area contributed by atoms with E-state index in [-0.39, 0.29) is 24.2 Å². The van der Waals surface area contributed by atoms with Gasteiger partial charge in [-0.05, 0) is 5.92 Å². The molecule has 0 bridgehead atoms. The topological polar surface area (TPSA) is 76.3 Å². The SMILES string of the molecule is CC(C)[C@H](N)C(=O)N(C)CC(=O)c1nccs1. The molecule has 0 saturated heterocycles. The van der Waals surface area contributed by atoms with E-state index in [9.17, 15) is 9.59 Å². The number of rotatable bonds is 5. The van der Waals surface area contributed by atoms with E-state index < -0.39 is 6.04 Å². The maximum Gasteiger partial charge on any atom is 0.239 e. The van der Waals surface area contributed by atoms with Crippen LogP contribution in [-0.4, -0.2) is 41.2 Å². The van der Waals surface area contributed by atoms with Crippen LogP contribution in [-0.2, 0) is 4.79 Å². The largest absolute Gasteiger partial charge is 0.337 e. The maximum absolute atomic E-state index is 11.8. The molecule has 94 valence electrons. The van der Waals surface area contributed by atoms with E-state index in [1.165, 1.54) is 16.2 Å². The van der Waals surface area contributed by atoms with Crippen molar-refractivity contribution in [2.24, 2.45) is 11.7 Å². The number of nitrogens with two attached hydrogens (primary N) is 1. The molecule has 0 unspecified atom stereocenters. The first-order chi connectivity index (χ1) is 7.93. The predicted molar refractivity (Wildman–Crippen MR) is 66.9 cm³/mol. The van der Waals surface area contributed by atoms with Gasteiger partial charge in [0.25, 0.3) is 0 Å². The second kappa shape index (κ2) is 5.88. The van der Waals surface area contributed by atoms with Crippen LogP contribution in [0.4, 0.5) is 0 Å². The number of carbonyl (C=O) groups is 2. The van der Waals surface area contributed by atoms with Gasteiger partial charge in [-0.25, -0.2) is 4.98 Å². The fourth-order valence-corrected chi connectivity index (χ4v) is 1.83. The van der Waals surface area contributed by atoms with Crippen molar-refractivity contribution in [1.29, 1.82) is 0 Å². The zero-order valence-corrected chi connectivity index (χ0v) is 11.0. The third kappa shape index (κ3) is 3.61. The number of aromatic nitrogens is 1. The van der Waals surface area contributed by atoms with E-state index in [2.05, 4.69) is 4.98 Å². The first-order valence-electron chi connectivity index (χ1n) is 5.36. The zero-order chi connectivity index (χ0) is 13.0. The van der Waals surface area contributed by atoms with Gasteiger partial charge in [0.15, 0.2) is 5.01 Å². The van der Waals surface area contributed by atoms with Crippen molar-refractivity contribution in [1.82, 2.24) is 9.88 Å². The Morgan fingerprint density at radius 2 is 2.18 bits per heavy atom. The molecule has 0 radical (unpaired) electrons. The molecule has 0 aliphatic heterocycles. The van der Waals surface area contributed by atoms with Gasteiger partial charge in [0.05, 0.1) is 12.6 Å². The Hall–Kier alpha value is -1.27. The van der Waals surface area contributed by atoms with Crippen LogP contribution in [0.5, 0.6) is 0 Å². The summed E-state index contributed by atoms with van der Waals surface area (Å²) < 4.78 is 0. The van der Waals surface area contributed by atoms with Crippen molar-refractivity contribution in [3.8, 4) is 0 Å². The van der Waals surface area contributed by atoms with Crippen LogP contribution in [0.15, 0.2) is 11.6 Å². The van der Waals surface area contributed by atoms with Gasteiger partial charge in [0, 0.05) is 18.6 Å². The summed E-state index contributed by atoms with van der Waals surface area (Å²) in [6.45, 7) is 3.77. The highest BCUT2D eigenvalue weighted by Crippen LogP contribution is 2.07. The maximum atomic E-state index is 11.8. The number of likely N-dealkylation sites (N-methyl/N-ethyl adjacent to an activating group) is 1. The quantitative estimate of drug-likeness (QED) is 0.788. The van der Waals surface area contributed by atoms with E-state index in [0.717, 1.165) is 0 Å². The summed E-state index contributed by atoms with van der Waals surface area (Å²) in [5.41, 5.74) is 5.74. The first-order valence-corrected chi connectivity index (χ1v) is 6.24. The summed E-state index contributed by atoms with van der Waals surface area (Å²) in [6, 6.07) is -0.566. The molecule has 1 heterocycles. The number of nitrogens with zero attached hydrogens (tertiary/aromatic N) is 2. The van der Waals surface area contributed by atoms with Gasteiger partial charge in [0.1, 0.15) is 0 Å². The lowest BCUT2D eigenvalue weighted by Gasteiger charge is -2.22. The van der Waals surface area contributed by atoms with Crippen LogP contribution < -0.4 is 5.73 Å². The fraction of sp³-hybridized carbons (Fsp3) is 0.545. The zero-order valence-electron chi connectivity index (χ0n) is 10.2. The molecule has 1 aromatic heterocycles. The highest BCUT2D eigenvalue weighted by molar-refractivity contribution is 7.11. The van der Waals surface area contributed by atoms with Gasteiger partial charge in [-0.15, -0.1) is 11.3 Å². The molecule has 0 saturated carbocycles. The third-order valence-corrected chi connectivity index (χ3v) is 3.25. The highest BCUT2D eigenvalue weighted by atomic mass is 32.1. The summed E-state index contributed by atoms with van der Waals surface area (Å²) in [7, 11) is 1.58. The van der Waals surface area contributed by atoms with Crippen molar-refractivity contribution in [2.75, 3.05) is 13.6 Å². The molecule has 0 aromatic carbocycles. The number of thiazole rings is 1. The minimum absolute atomic E-state index is 0.0206. The molecule has 6 heteroatoms. The molecule has 1 aromatic rings. The Kier molecular flexibility index (Phi) is 4.77. The van der Waals surface area contributed by atoms with Crippen LogP contribution in [0.1, 0.15) is 23.6 Å². The van der Waals surface area contributed by atoms with E-state index >= 15 is 0 Å². The second-order valence-corrected chi connectivity index (χ2v) is 5.12. The summed E-state index contributed by atoms with van der Waals surface area (Å²) >= 11 is 1.27. The van der Waals surface area contributed by atoms with Crippen LogP contribution in [0.25, 0.3) is 0 Å².